The van der Waals surface area contributed by atoms with Gasteiger partial charge in [0, 0.05) is 5.02 Å². The zero-order valence-electron chi connectivity index (χ0n) is 13.6. The molecule has 0 aliphatic heterocycles. The quantitative estimate of drug-likeness (QED) is 0.476. The van der Waals surface area contributed by atoms with Crippen LogP contribution >= 0.6 is 11.6 Å². The van der Waals surface area contributed by atoms with Crippen LogP contribution in [0, 0.1) is 11.3 Å². The number of amides is 1. The van der Waals surface area contributed by atoms with Crippen LogP contribution in [0.4, 0.5) is 0 Å². The molecule has 2 aromatic carbocycles. The highest BCUT2D eigenvalue weighted by atomic mass is 35.5. The van der Waals surface area contributed by atoms with Crippen molar-refractivity contribution in [2.24, 2.45) is 5.10 Å². The Hall–Kier alpha value is -3.37. The van der Waals surface area contributed by atoms with E-state index in [1.807, 2.05) is 6.07 Å². The number of aromatic hydroxyl groups is 1. The fourth-order valence-corrected chi connectivity index (χ4v) is 2.24. The summed E-state index contributed by atoms with van der Waals surface area (Å²) in [5.41, 5.74) is 2.29. The van der Waals surface area contributed by atoms with Crippen LogP contribution in [0.2, 0.25) is 5.02 Å². The molecule has 0 saturated carbocycles. The van der Waals surface area contributed by atoms with E-state index in [0.717, 1.165) is 7.11 Å². The number of nitrogens with one attached hydrogen (secondary N) is 1. The number of carbonyl (C=O) groups is 2. The van der Waals surface area contributed by atoms with Crippen LogP contribution in [0.3, 0.4) is 0 Å². The van der Waals surface area contributed by atoms with Gasteiger partial charge in [-0.1, -0.05) is 35.9 Å². The fourth-order valence-electron chi connectivity index (χ4n) is 2.12. The van der Waals surface area contributed by atoms with E-state index >= 15 is 0 Å². The summed E-state index contributed by atoms with van der Waals surface area (Å²) in [7, 11) is 1.14. The average molecular weight is 372 g/mol. The molecule has 132 valence electrons. The van der Waals surface area contributed by atoms with Gasteiger partial charge in [0.1, 0.15) is 11.7 Å². The number of methoxy groups -OCH3 is 1. The zero-order valence-corrected chi connectivity index (χ0v) is 14.4. The Morgan fingerprint density at radius 1 is 1.23 bits per heavy atom. The van der Waals surface area contributed by atoms with Gasteiger partial charge in [0.2, 0.25) is 0 Å². The molecule has 0 heterocycles. The van der Waals surface area contributed by atoms with Crippen molar-refractivity contribution >= 4 is 29.2 Å². The van der Waals surface area contributed by atoms with Crippen molar-refractivity contribution in [2.45, 2.75) is 5.92 Å². The van der Waals surface area contributed by atoms with Crippen LogP contribution in [0.5, 0.6) is 5.75 Å². The van der Waals surface area contributed by atoms with Crippen molar-refractivity contribution < 1.29 is 19.4 Å². The lowest BCUT2D eigenvalue weighted by molar-refractivity contribution is -0.132. The van der Waals surface area contributed by atoms with Gasteiger partial charge in [-0.15, -0.1) is 0 Å². The molecule has 0 aliphatic rings. The number of para-hydroxylation sites is 1. The van der Waals surface area contributed by atoms with Crippen LogP contribution in [0.15, 0.2) is 53.6 Å². The van der Waals surface area contributed by atoms with Gasteiger partial charge >= 0.3 is 5.97 Å². The molecule has 0 saturated heterocycles. The van der Waals surface area contributed by atoms with E-state index in [9.17, 15) is 20.0 Å². The first-order valence-corrected chi connectivity index (χ1v) is 7.75. The maximum Gasteiger partial charge on any atom is 0.355 e. The van der Waals surface area contributed by atoms with Crippen molar-refractivity contribution in [3.05, 3.63) is 64.7 Å². The predicted molar refractivity (Wildman–Crippen MR) is 94.8 cm³/mol. The van der Waals surface area contributed by atoms with Gasteiger partial charge < -0.3 is 9.84 Å². The lowest BCUT2D eigenvalue weighted by atomic mass is 9.95. The molecule has 0 unspecified atom stereocenters. The third-order valence-electron chi connectivity index (χ3n) is 3.43. The number of phenolic OH excluding ortho intramolecular Hbond substituents is 1. The molecule has 0 aliphatic carbocycles. The first-order valence-electron chi connectivity index (χ1n) is 7.37. The average Bonchev–Trinajstić information content (AvgIpc) is 2.65. The van der Waals surface area contributed by atoms with E-state index in [2.05, 4.69) is 15.3 Å². The second-order valence-corrected chi connectivity index (χ2v) is 5.50. The normalized spacial score (nSPS) is 12.0. The molecular weight excluding hydrogens is 358 g/mol. The smallest absolute Gasteiger partial charge is 0.355 e. The second kappa shape index (κ2) is 8.65. The predicted octanol–water partition coefficient (Wildman–Crippen LogP) is 2.61. The van der Waals surface area contributed by atoms with Crippen molar-refractivity contribution in [1.29, 1.82) is 5.26 Å². The van der Waals surface area contributed by atoms with Gasteiger partial charge in [-0.2, -0.15) is 10.4 Å². The third kappa shape index (κ3) is 4.37. The lowest BCUT2D eigenvalue weighted by Gasteiger charge is -2.12. The molecule has 8 heteroatoms. The number of esters is 1. The number of nitrogens with zero attached hydrogens (tertiary/aromatic N) is 2. The van der Waals surface area contributed by atoms with Gasteiger partial charge in [0.05, 0.1) is 18.7 Å². The van der Waals surface area contributed by atoms with E-state index < -0.39 is 17.8 Å². The topological polar surface area (TPSA) is 112 Å². The van der Waals surface area contributed by atoms with Crippen LogP contribution in [0.25, 0.3) is 0 Å². The summed E-state index contributed by atoms with van der Waals surface area (Å²) in [6, 6.07) is 14.1. The zero-order chi connectivity index (χ0) is 19.1. The number of nitriles is 1. The number of hydrogen-bond acceptors (Lipinski definition) is 6. The van der Waals surface area contributed by atoms with Gasteiger partial charge in [-0.05, 0) is 29.8 Å². The molecule has 1 atom stereocenters. The minimum atomic E-state index is -1.08. The summed E-state index contributed by atoms with van der Waals surface area (Å²) in [6.07, 6.45) is 0. The number of benzene rings is 2. The molecule has 26 heavy (non-hydrogen) atoms. The number of halogens is 1. The Balaban J connectivity index is 2.34. The van der Waals surface area contributed by atoms with E-state index in [-0.39, 0.29) is 17.0 Å². The van der Waals surface area contributed by atoms with E-state index in [1.54, 1.807) is 36.4 Å². The largest absolute Gasteiger partial charge is 0.507 e. The molecule has 0 spiro atoms. The maximum absolute atomic E-state index is 12.1. The van der Waals surface area contributed by atoms with Crippen LogP contribution in [0.1, 0.15) is 21.8 Å². The van der Waals surface area contributed by atoms with Crippen LogP contribution in [-0.2, 0) is 9.53 Å². The Kier molecular flexibility index (Phi) is 6.31. The van der Waals surface area contributed by atoms with Crippen molar-refractivity contribution in [1.82, 2.24) is 5.43 Å². The molecular formula is C18H14ClN3O4. The Labute approximate surface area is 154 Å². The van der Waals surface area contributed by atoms with Crippen LogP contribution in [-0.4, -0.2) is 29.8 Å². The number of phenols is 1. The minimum absolute atomic E-state index is 0.0273. The molecule has 2 aromatic rings. The lowest BCUT2D eigenvalue weighted by Crippen LogP contribution is -2.28. The summed E-state index contributed by atoms with van der Waals surface area (Å²) < 4.78 is 4.65. The molecule has 0 radical (unpaired) electrons. The molecule has 0 bridgehead atoms. The van der Waals surface area contributed by atoms with Crippen molar-refractivity contribution in [2.75, 3.05) is 7.11 Å². The summed E-state index contributed by atoms with van der Waals surface area (Å²) in [4.78, 5) is 24.2. The van der Waals surface area contributed by atoms with E-state index in [0.29, 0.717) is 10.6 Å². The number of hydrazone groups is 1. The minimum Gasteiger partial charge on any atom is -0.507 e. The number of carbonyl (C=O) groups excluding carboxylic acids is 2. The Morgan fingerprint density at radius 2 is 1.88 bits per heavy atom. The number of ether oxygens (including phenoxy) is 1. The first kappa shape index (κ1) is 19.0. The van der Waals surface area contributed by atoms with E-state index in [1.165, 1.54) is 12.1 Å². The SMILES string of the molecule is COC(=O)/C(=N/NC(=O)c1ccccc1O)[C@@H](C#N)c1ccc(Cl)cc1. The monoisotopic (exact) mass is 371 g/mol. The van der Waals surface area contributed by atoms with Crippen molar-refractivity contribution in [3.8, 4) is 11.8 Å². The van der Waals surface area contributed by atoms with Crippen LogP contribution < -0.4 is 5.43 Å². The highest BCUT2D eigenvalue weighted by Gasteiger charge is 2.26. The second-order valence-electron chi connectivity index (χ2n) is 5.06. The molecule has 2 rings (SSSR count). The number of hydrogen-bond donors (Lipinski definition) is 2. The Morgan fingerprint density at radius 3 is 2.46 bits per heavy atom. The summed E-state index contributed by atoms with van der Waals surface area (Å²) >= 11 is 5.83. The highest BCUT2D eigenvalue weighted by molar-refractivity contribution is 6.39. The molecule has 7 nitrogen and oxygen atoms in total. The summed E-state index contributed by atoms with van der Waals surface area (Å²) in [5.74, 6) is -2.93. The number of rotatable bonds is 5. The molecule has 0 fully saturated rings. The molecule has 1 amide bonds. The van der Waals surface area contributed by atoms with Gasteiger partial charge in [-0.3, -0.25) is 4.79 Å². The highest BCUT2D eigenvalue weighted by Crippen LogP contribution is 2.20. The summed E-state index contributed by atoms with van der Waals surface area (Å²) in [6.45, 7) is 0. The molecule has 0 aromatic heterocycles. The summed E-state index contributed by atoms with van der Waals surface area (Å²) in [5, 5.41) is 23.4. The van der Waals surface area contributed by atoms with Gasteiger partial charge in [0.15, 0.2) is 5.71 Å². The first-order chi connectivity index (χ1) is 12.5. The third-order valence-corrected chi connectivity index (χ3v) is 3.68. The van der Waals surface area contributed by atoms with Crippen molar-refractivity contribution in [3.63, 3.8) is 0 Å². The maximum atomic E-state index is 12.1. The standard InChI is InChI=1S/C18H14ClN3O4/c1-26-18(25)16(14(10-20)11-6-8-12(19)9-7-11)21-22-17(24)13-4-2-3-5-15(13)23/h2-9,14,23H,1H3,(H,22,24)/b21-16+/t14-/m0/s1. The van der Waals surface area contributed by atoms with E-state index in [4.69, 9.17) is 11.6 Å². The fraction of sp³-hybridized carbons (Fsp3) is 0.111. The molecule has 2 N–H and O–H groups in total. The van der Waals surface area contributed by atoms with Gasteiger partial charge in [-0.25, -0.2) is 10.2 Å². The van der Waals surface area contributed by atoms with Gasteiger partial charge in [0.25, 0.3) is 5.91 Å². The Bertz CT molecular complexity index is 888.